The third-order valence-corrected chi connectivity index (χ3v) is 6.22. The Morgan fingerprint density at radius 1 is 1.18 bits per heavy atom. The van der Waals surface area contributed by atoms with E-state index in [1.165, 1.54) is 28.7 Å². The van der Waals surface area contributed by atoms with Gasteiger partial charge in [-0.1, -0.05) is 55.1 Å². The van der Waals surface area contributed by atoms with Gasteiger partial charge in [0.15, 0.2) is 0 Å². The lowest BCUT2D eigenvalue weighted by atomic mass is 10.1. The second-order valence-corrected chi connectivity index (χ2v) is 8.03. The van der Waals surface area contributed by atoms with Crippen LogP contribution in [0.25, 0.3) is 0 Å². The number of rotatable bonds is 8. The van der Waals surface area contributed by atoms with Crippen LogP contribution < -0.4 is 5.32 Å². The standard InChI is InChI=1S/C25H35N3/c1-6-28(22(5)26-17-23-13-12-19(2)20(3)16-23)25-14-15-27(18-25)21(4)24-10-8-7-9-11-24/h7-13,16,21,25-26H,5-6,14-15,17-18H2,1-4H3. The van der Waals surface area contributed by atoms with E-state index in [0.717, 1.165) is 32.0 Å². The topological polar surface area (TPSA) is 18.5 Å². The van der Waals surface area contributed by atoms with Gasteiger partial charge in [-0.15, -0.1) is 0 Å². The molecule has 0 amide bonds. The first kappa shape index (κ1) is 20.5. The summed E-state index contributed by atoms with van der Waals surface area (Å²) in [6, 6.07) is 18.5. The summed E-state index contributed by atoms with van der Waals surface area (Å²) >= 11 is 0. The second-order valence-electron chi connectivity index (χ2n) is 8.03. The molecule has 0 saturated carbocycles. The predicted octanol–water partition coefficient (Wildman–Crippen LogP) is 5.02. The maximum Gasteiger partial charge on any atom is 0.0944 e. The molecule has 0 spiro atoms. The largest absolute Gasteiger partial charge is 0.368 e. The Kier molecular flexibility index (Phi) is 6.79. The zero-order valence-electron chi connectivity index (χ0n) is 17.9. The highest BCUT2D eigenvalue weighted by atomic mass is 15.3. The van der Waals surface area contributed by atoms with Crippen molar-refractivity contribution in [2.75, 3.05) is 19.6 Å². The predicted molar refractivity (Wildman–Crippen MR) is 119 cm³/mol. The summed E-state index contributed by atoms with van der Waals surface area (Å²) in [7, 11) is 0. The molecule has 2 atom stereocenters. The van der Waals surface area contributed by atoms with Crippen molar-refractivity contribution < 1.29 is 0 Å². The molecule has 3 rings (SSSR count). The van der Waals surface area contributed by atoms with Gasteiger partial charge in [0.05, 0.1) is 5.82 Å². The van der Waals surface area contributed by atoms with Gasteiger partial charge >= 0.3 is 0 Å². The maximum atomic E-state index is 4.35. The molecule has 1 aliphatic rings. The Morgan fingerprint density at radius 2 is 1.93 bits per heavy atom. The van der Waals surface area contributed by atoms with Crippen LogP contribution in [-0.4, -0.2) is 35.5 Å². The van der Waals surface area contributed by atoms with E-state index in [4.69, 9.17) is 0 Å². The zero-order valence-corrected chi connectivity index (χ0v) is 17.9. The fourth-order valence-electron chi connectivity index (χ4n) is 4.21. The lowest BCUT2D eigenvalue weighted by Gasteiger charge is -2.33. The summed E-state index contributed by atoms with van der Waals surface area (Å²) in [6.45, 7) is 17.3. The normalized spacial score (nSPS) is 18.1. The third kappa shape index (κ3) is 4.77. The van der Waals surface area contributed by atoms with Crippen LogP contribution in [0.15, 0.2) is 60.9 Å². The highest BCUT2D eigenvalue weighted by Crippen LogP contribution is 2.27. The fourth-order valence-corrected chi connectivity index (χ4v) is 4.21. The van der Waals surface area contributed by atoms with Gasteiger partial charge in [-0.3, -0.25) is 4.90 Å². The number of hydrogen-bond donors (Lipinski definition) is 1. The van der Waals surface area contributed by atoms with Crippen LogP contribution in [0, 0.1) is 13.8 Å². The van der Waals surface area contributed by atoms with Crippen molar-refractivity contribution in [2.45, 2.75) is 52.7 Å². The number of hydrogen-bond acceptors (Lipinski definition) is 3. The van der Waals surface area contributed by atoms with Gasteiger partial charge in [0.1, 0.15) is 0 Å². The second kappa shape index (κ2) is 9.29. The zero-order chi connectivity index (χ0) is 20.1. The first-order valence-corrected chi connectivity index (χ1v) is 10.5. The van der Waals surface area contributed by atoms with Gasteiger partial charge in [0.25, 0.3) is 0 Å². The van der Waals surface area contributed by atoms with Gasteiger partial charge < -0.3 is 10.2 Å². The number of likely N-dealkylation sites (tertiary alicyclic amines) is 1. The molecule has 1 heterocycles. The molecule has 2 unspecified atom stereocenters. The summed E-state index contributed by atoms with van der Waals surface area (Å²) in [4.78, 5) is 5.04. The number of benzene rings is 2. The first-order chi connectivity index (χ1) is 13.5. The molecule has 28 heavy (non-hydrogen) atoms. The Balaban J connectivity index is 1.57. The van der Waals surface area contributed by atoms with Gasteiger partial charge in [0, 0.05) is 38.3 Å². The van der Waals surface area contributed by atoms with E-state index in [-0.39, 0.29) is 0 Å². The van der Waals surface area contributed by atoms with Crippen LogP contribution in [0.5, 0.6) is 0 Å². The van der Waals surface area contributed by atoms with E-state index < -0.39 is 0 Å². The molecule has 1 fully saturated rings. The molecular formula is C25H35N3. The molecule has 3 nitrogen and oxygen atoms in total. The van der Waals surface area contributed by atoms with Crippen LogP contribution in [-0.2, 0) is 6.54 Å². The SMILES string of the molecule is C=C(NCc1ccc(C)c(C)c1)N(CC)C1CCN(C(C)c2ccccc2)C1. The Labute approximate surface area is 171 Å². The van der Waals surface area contributed by atoms with Gasteiger partial charge in [0.2, 0.25) is 0 Å². The Bertz CT molecular complexity index is 784. The van der Waals surface area contributed by atoms with Crippen molar-refractivity contribution in [3.8, 4) is 0 Å². The fraction of sp³-hybridized carbons (Fsp3) is 0.440. The van der Waals surface area contributed by atoms with Gasteiger partial charge in [-0.25, -0.2) is 0 Å². The first-order valence-electron chi connectivity index (χ1n) is 10.5. The number of aryl methyl sites for hydroxylation is 2. The van der Waals surface area contributed by atoms with E-state index in [1.54, 1.807) is 0 Å². The van der Waals surface area contributed by atoms with Gasteiger partial charge in [-0.2, -0.15) is 0 Å². The van der Waals surface area contributed by atoms with Crippen LogP contribution >= 0.6 is 0 Å². The average molecular weight is 378 g/mol. The van der Waals surface area contributed by atoms with E-state index in [9.17, 15) is 0 Å². The van der Waals surface area contributed by atoms with Crippen LogP contribution in [0.3, 0.4) is 0 Å². The summed E-state index contributed by atoms with van der Waals surface area (Å²) in [6.07, 6.45) is 1.19. The molecule has 0 radical (unpaired) electrons. The molecule has 0 bridgehead atoms. The van der Waals surface area contributed by atoms with Crippen molar-refractivity contribution in [2.24, 2.45) is 0 Å². The molecular weight excluding hydrogens is 342 g/mol. The quantitative estimate of drug-likeness (QED) is 0.697. The molecule has 1 saturated heterocycles. The monoisotopic (exact) mass is 377 g/mol. The van der Waals surface area contributed by atoms with Crippen LogP contribution in [0.1, 0.15) is 48.6 Å². The molecule has 2 aromatic carbocycles. The molecule has 1 N–H and O–H groups in total. The highest BCUT2D eigenvalue weighted by Gasteiger charge is 2.30. The van der Waals surface area contributed by atoms with Crippen molar-refractivity contribution >= 4 is 0 Å². The van der Waals surface area contributed by atoms with E-state index in [0.29, 0.717) is 12.1 Å². The van der Waals surface area contributed by atoms with E-state index >= 15 is 0 Å². The molecule has 3 heteroatoms. The average Bonchev–Trinajstić information content (AvgIpc) is 3.19. The molecule has 0 aromatic heterocycles. The molecule has 1 aliphatic heterocycles. The lowest BCUT2D eigenvalue weighted by molar-refractivity contribution is 0.211. The smallest absolute Gasteiger partial charge is 0.0944 e. The summed E-state index contributed by atoms with van der Waals surface area (Å²) in [5, 5.41) is 3.56. The Morgan fingerprint density at radius 3 is 2.61 bits per heavy atom. The van der Waals surface area contributed by atoms with Crippen molar-refractivity contribution in [3.63, 3.8) is 0 Å². The number of nitrogens with one attached hydrogen (secondary N) is 1. The maximum absolute atomic E-state index is 4.35. The molecule has 0 aliphatic carbocycles. The van der Waals surface area contributed by atoms with E-state index in [2.05, 4.69) is 97.9 Å². The van der Waals surface area contributed by atoms with Gasteiger partial charge in [-0.05, 0) is 56.4 Å². The summed E-state index contributed by atoms with van der Waals surface area (Å²) < 4.78 is 0. The van der Waals surface area contributed by atoms with Crippen molar-refractivity contribution in [1.29, 1.82) is 0 Å². The third-order valence-electron chi connectivity index (χ3n) is 6.22. The minimum atomic E-state index is 0.460. The van der Waals surface area contributed by atoms with Crippen LogP contribution in [0.2, 0.25) is 0 Å². The number of nitrogens with zero attached hydrogens (tertiary/aromatic N) is 2. The summed E-state index contributed by atoms with van der Waals surface area (Å²) in [5.74, 6) is 1.04. The molecule has 2 aromatic rings. The minimum Gasteiger partial charge on any atom is -0.368 e. The van der Waals surface area contributed by atoms with Crippen molar-refractivity contribution in [3.05, 3.63) is 83.2 Å². The molecule has 150 valence electrons. The minimum absolute atomic E-state index is 0.460. The van der Waals surface area contributed by atoms with Crippen LogP contribution in [0.4, 0.5) is 0 Å². The Hall–Kier alpha value is -2.26. The highest BCUT2D eigenvalue weighted by molar-refractivity contribution is 5.30. The van der Waals surface area contributed by atoms with Crippen molar-refractivity contribution in [1.82, 2.24) is 15.1 Å². The summed E-state index contributed by atoms with van der Waals surface area (Å²) in [5.41, 5.74) is 5.40. The lowest BCUT2D eigenvalue weighted by Crippen LogP contribution is -2.41. The number of likely N-dealkylation sites (N-methyl/N-ethyl adjacent to an activating group) is 1. The van der Waals surface area contributed by atoms with E-state index in [1.807, 2.05) is 0 Å².